The Hall–Kier alpha value is -2.90. The normalized spacial score (nSPS) is 18.0. The fourth-order valence-corrected chi connectivity index (χ4v) is 4.26. The van der Waals surface area contributed by atoms with Crippen LogP contribution in [0.1, 0.15) is 23.6 Å². The zero-order valence-corrected chi connectivity index (χ0v) is 18.8. The molecule has 1 aliphatic rings. The number of likely N-dealkylation sites (tertiary alicyclic amines) is 1. The number of H-pyrrole nitrogens is 1. The maximum Gasteiger partial charge on any atom is 0.295 e. The van der Waals surface area contributed by atoms with E-state index in [1.54, 1.807) is 54.7 Å². The van der Waals surface area contributed by atoms with E-state index in [0.29, 0.717) is 35.7 Å². The molecular weight excluding hydrogens is 482 g/mol. The summed E-state index contributed by atoms with van der Waals surface area (Å²) in [6.45, 7) is 0.975. The van der Waals surface area contributed by atoms with Gasteiger partial charge in [0.2, 0.25) is 12.1 Å². The summed E-state index contributed by atoms with van der Waals surface area (Å²) in [6.07, 6.45) is 6.12. The van der Waals surface area contributed by atoms with Crippen LogP contribution in [0.15, 0.2) is 77.3 Å². The summed E-state index contributed by atoms with van der Waals surface area (Å²) < 4.78 is 2.76. The van der Waals surface area contributed by atoms with Crippen LogP contribution >= 0.6 is 27.5 Å². The third-order valence-corrected chi connectivity index (χ3v) is 6.13. The second-order valence-electron chi connectivity index (χ2n) is 7.20. The molecule has 1 amide bonds. The number of amides is 1. The Balaban J connectivity index is 1.75. The molecule has 31 heavy (non-hydrogen) atoms. The lowest BCUT2D eigenvalue weighted by Crippen LogP contribution is -2.36. The van der Waals surface area contributed by atoms with Gasteiger partial charge in [-0.05, 0) is 29.3 Å². The maximum absolute atomic E-state index is 13.3. The van der Waals surface area contributed by atoms with Crippen molar-refractivity contribution >= 4 is 45.0 Å². The number of hydrogen-bond acceptors (Lipinski definition) is 3. The quantitative estimate of drug-likeness (QED) is 0.245. The lowest BCUT2D eigenvalue weighted by atomic mass is 9.95. The van der Waals surface area contributed by atoms with Gasteiger partial charge >= 0.3 is 0 Å². The summed E-state index contributed by atoms with van der Waals surface area (Å²) in [5.74, 6) is -1.91. The molecule has 2 aromatic carbocycles. The van der Waals surface area contributed by atoms with Gasteiger partial charge in [0, 0.05) is 28.0 Å². The van der Waals surface area contributed by atoms with Crippen LogP contribution in [0.5, 0.6) is 0 Å². The van der Waals surface area contributed by atoms with Gasteiger partial charge in [-0.1, -0.05) is 63.6 Å². The number of Topliss-reactive ketones (excluding diaryl/α,β-unsaturated/α-hetero) is 1. The summed E-state index contributed by atoms with van der Waals surface area (Å²) in [5.41, 5.74) is 0.856. The van der Waals surface area contributed by atoms with Crippen molar-refractivity contribution in [1.29, 1.82) is 0 Å². The Labute approximate surface area is 192 Å². The van der Waals surface area contributed by atoms with Gasteiger partial charge in [0.1, 0.15) is 12.4 Å². The number of benzene rings is 2. The monoisotopic (exact) mass is 499 g/mol. The van der Waals surface area contributed by atoms with Gasteiger partial charge < -0.3 is 10.0 Å². The van der Waals surface area contributed by atoms with Crippen molar-refractivity contribution in [2.75, 3.05) is 6.54 Å². The lowest BCUT2D eigenvalue weighted by Gasteiger charge is -2.28. The van der Waals surface area contributed by atoms with Gasteiger partial charge in [-0.2, -0.15) is 0 Å². The first kappa shape index (κ1) is 21.3. The van der Waals surface area contributed by atoms with Crippen LogP contribution in [0.4, 0.5) is 0 Å². The lowest BCUT2D eigenvalue weighted by molar-refractivity contribution is -0.695. The van der Waals surface area contributed by atoms with Crippen molar-refractivity contribution in [2.45, 2.75) is 19.0 Å². The highest BCUT2D eigenvalue weighted by atomic mass is 79.9. The van der Waals surface area contributed by atoms with E-state index in [1.165, 1.54) is 4.90 Å². The third-order valence-electron chi connectivity index (χ3n) is 5.25. The van der Waals surface area contributed by atoms with Crippen LogP contribution < -0.4 is 9.67 Å². The average molecular weight is 501 g/mol. The number of nitrogens with zero attached hydrogens (tertiary/aromatic N) is 2. The van der Waals surface area contributed by atoms with E-state index in [2.05, 4.69) is 20.9 Å². The van der Waals surface area contributed by atoms with Gasteiger partial charge in [-0.25, -0.2) is 4.57 Å². The van der Waals surface area contributed by atoms with Crippen LogP contribution in [0.25, 0.3) is 5.76 Å². The number of imidazole rings is 1. The number of aromatic nitrogens is 2. The highest BCUT2D eigenvalue weighted by Crippen LogP contribution is 2.41. The second kappa shape index (κ2) is 9.08. The van der Waals surface area contributed by atoms with E-state index in [4.69, 9.17) is 11.6 Å². The van der Waals surface area contributed by atoms with E-state index < -0.39 is 23.5 Å². The number of rotatable bonds is 6. The number of ketones is 1. The van der Waals surface area contributed by atoms with Crippen LogP contribution in [0.3, 0.4) is 0 Å². The predicted octanol–water partition coefficient (Wildman–Crippen LogP) is 3.03. The Kier molecular flexibility index (Phi) is 6.25. The molecular formula is C23H19BrClN3O3. The van der Waals surface area contributed by atoms with Crippen molar-refractivity contribution in [2.24, 2.45) is 0 Å². The van der Waals surface area contributed by atoms with Crippen molar-refractivity contribution in [3.8, 4) is 0 Å². The zero-order chi connectivity index (χ0) is 22.0. The van der Waals surface area contributed by atoms with Crippen LogP contribution in [-0.4, -0.2) is 28.1 Å². The van der Waals surface area contributed by atoms with Crippen molar-refractivity contribution in [3.05, 3.63) is 93.4 Å². The Bertz CT molecular complexity index is 1140. The third kappa shape index (κ3) is 4.29. The number of hydrogen-bond donors (Lipinski definition) is 1. The summed E-state index contributed by atoms with van der Waals surface area (Å²) in [5, 5.41) is 13.7. The molecule has 1 atom stereocenters. The van der Waals surface area contributed by atoms with E-state index in [0.717, 1.165) is 4.47 Å². The molecule has 158 valence electrons. The molecule has 0 spiro atoms. The largest absolute Gasteiger partial charge is 0.872 e. The first-order valence-corrected chi connectivity index (χ1v) is 10.9. The number of aryl methyl sites for hydroxylation is 1. The highest BCUT2D eigenvalue weighted by molar-refractivity contribution is 9.10. The van der Waals surface area contributed by atoms with Crippen molar-refractivity contribution in [3.63, 3.8) is 0 Å². The fourth-order valence-electron chi connectivity index (χ4n) is 3.76. The van der Waals surface area contributed by atoms with Gasteiger partial charge in [0.05, 0.1) is 12.6 Å². The minimum Gasteiger partial charge on any atom is -0.872 e. The number of carbonyl (C=O) groups excluding carboxylic acids is 2. The Morgan fingerprint density at radius 1 is 1.16 bits per heavy atom. The topological polar surface area (TPSA) is 80.1 Å². The molecule has 1 aromatic heterocycles. The van der Waals surface area contributed by atoms with Crippen LogP contribution in [0, 0.1) is 0 Å². The highest BCUT2D eigenvalue weighted by Gasteiger charge is 2.44. The molecule has 4 rings (SSSR count). The summed E-state index contributed by atoms with van der Waals surface area (Å²) in [7, 11) is 0. The standard InChI is InChI=1S/C23H19BrClN3O3/c24-16-8-6-15(7-9-16)21(29)19-20(17-4-1-2-5-18(17)25)28(23(31)22(19)30)12-3-11-27-13-10-26-14-27/h1-2,4-10,13-14,20H,3,11-12H2,(H,29,30). The molecule has 1 saturated heterocycles. The molecule has 0 bridgehead atoms. The van der Waals surface area contributed by atoms with Gasteiger partial charge in [-0.3, -0.25) is 14.6 Å². The van der Waals surface area contributed by atoms with E-state index >= 15 is 0 Å². The summed E-state index contributed by atoms with van der Waals surface area (Å²) in [4.78, 5) is 30.3. The Morgan fingerprint density at radius 3 is 2.58 bits per heavy atom. The molecule has 1 aliphatic heterocycles. The minimum atomic E-state index is -0.818. The van der Waals surface area contributed by atoms with Gasteiger partial charge in [0.25, 0.3) is 5.91 Å². The minimum absolute atomic E-state index is 0.0604. The molecule has 0 saturated carbocycles. The molecule has 2 heterocycles. The molecule has 0 aliphatic carbocycles. The second-order valence-corrected chi connectivity index (χ2v) is 8.53. The SMILES string of the molecule is O=C1C(=O)N(CCC[n+]2cc[nH]c2)C(c2ccccc2Cl)/C1=C(\[O-])c1ccc(Br)cc1. The van der Waals surface area contributed by atoms with Crippen molar-refractivity contribution in [1.82, 2.24) is 9.88 Å². The first-order chi connectivity index (χ1) is 15.0. The molecule has 1 unspecified atom stereocenters. The van der Waals surface area contributed by atoms with Crippen LogP contribution in [0.2, 0.25) is 5.02 Å². The number of aromatic amines is 1. The Morgan fingerprint density at radius 2 is 1.90 bits per heavy atom. The molecule has 3 aromatic rings. The first-order valence-electron chi connectivity index (χ1n) is 9.76. The molecule has 1 N–H and O–H groups in total. The summed E-state index contributed by atoms with van der Waals surface area (Å²) >= 11 is 9.77. The molecule has 1 fully saturated rings. The number of halogens is 2. The van der Waals surface area contributed by atoms with Crippen LogP contribution in [-0.2, 0) is 16.1 Å². The van der Waals surface area contributed by atoms with E-state index in [-0.39, 0.29) is 5.57 Å². The van der Waals surface area contributed by atoms with Crippen molar-refractivity contribution < 1.29 is 19.3 Å². The fraction of sp³-hybridized carbons (Fsp3) is 0.174. The van der Waals surface area contributed by atoms with Gasteiger partial charge in [-0.15, -0.1) is 0 Å². The average Bonchev–Trinajstić information content (AvgIpc) is 3.36. The molecule has 0 radical (unpaired) electrons. The molecule has 6 nitrogen and oxygen atoms in total. The van der Waals surface area contributed by atoms with Gasteiger partial charge in [0.15, 0.2) is 0 Å². The predicted molar refractivity (Wildman–Crippen MR) is 118 cm³/mol. The molecule has 8 heteroatoms. The summed E-state index contributed by atoms with van der Waals surface area (Å²) in [6, 6.07) is 12.9. The number of nitrogens with one attached hydrogen (secondary N) is 1. The maximum atomic E-state index is 13.3. The van der Waals surface area contributed by atoms with E-state index in [9.17, 15) is 14.7 Å². The number of carbonyl (C=O) groups is 2. The zero-order valence-electron chi connectivity index (χ0n) is 16.4. The smallest absolute Gasteiger partial charge is 0.295 e. The van der Waals surface area contributed by atoms with E-state index in [1.807, 2.05) is 17.1 Å².